The fourth-order valence-corrected chi connectivity index (χ4v) is 1.91. The lowest BCUT2D eigenvalue weighted by Crippen LogP contribution is -2.25. The second-order valence-electron chi connectivity index (χ2n) is 4.32. The zero-order chi connectivity index (χ0) is 14.4. The van der Waals surface area contributed by atoms with Crippen LogP contribution in [-0.2, 0) is 6.42 Å². The van der Waals surface area contributed by atoms with Crippen LogP contribution in [0.4, 0.5) is 5.69 Å². The molecule has 6 nitrogen and oxygen atoms in total. The predicted molar refractivity (Wildman–Crippen MR) is 76.6 cm³/mol. The van der Waals surface area contributed by atoms with Crippen LogP contribution in [0.25, 0.3) is 0 Å². The van der Waals surface area contributed by atoms with Gasteiger partial charge in [0.25, 0.3) is 5.91 Å². The standard InChI is InChI=1S/C14H18N4O2/c1-20-11-5-2-4-10(13(11)15)14(19)18-7-3-6-12-16-8-9-17-12/h2,4-5,8-9H,3,6-7,15H2,1H3,(H,16,17)(H,18,19). The Morgan fingerprint density at radius 1 is 1.50 bits per heavy atom. The molecule has 0 bridgehead atoms. The van der Waals surface area contributed by atoms with E-state index in [4.69, 9.17) is 10.5 Å². The summed E-state index contributed by atoms with van der Waals surface area (Å²) < 4.78 is 5.09. The number of benzene rings is 1. The van der Waals surface area contributed by atoms with Crippen LogP contribution in [0.3, 0.4) is 0 Å². The Kier molecular flexibility index (Phi) is 4.60. The minimum absolute atomic E-state index is 0.194. The van der Waals surface area contributed by atoms with E-state index in [-0.39, 0.29) is 5.91 Å². The molecule has 0 aliphatic heterocycles. The summed E-state index contributed by atoms with van der Waals surface area (Å²) in [7, 11) is 1.52. The minimum atomic E-state index is -0.194. The van der Waals surface area contributed by atoms with Crippen molar-refractivity contribution in [1.82, 2.24) is 15.3 Å². The lowest BCUT2D eigenvalue weighted by atomic mass is 10.1. The zero-order valence-electron chi connectivity index (χ0n) is 11.3. The molecular formula is C14H18N4O2. The number of amides is 1. The molecule has 0 atom stereocenters. The second kappa shape index (κ2) is 6.60. The van der Waals surface area contributed by atoms with Crippen LogP contribution in [0.15, 0.2) is 30.6 Å². The number of ether oxygens (including phenoxy) is 1. The average molecular weight is 274 g/mol. The predicted octanol–water partition coefficient (Wildman–Crippen LogP) is 1.36. The number of aryl methyl sites for hydroxylation is 1. The lowest BCUT2D eigenvalue weighted by Gasteiger charge is -2.10. The van der Waals surface area contributed by atoms with Crippen molar-refractivity contribution in [3.05, 3.63) is 42.0 Å². The van der Waals surface area contributed by atoms with Crippen LogP contribution in [-0.4, -0.2) is 29.5 Å². The number of hydrogen-bond acceptors (Lipinski definition) is 4. The SMILES string of the molecule is COc1cccc(C(=O)NCCCc2ncc[nH]2)c1N. The van der Waals surface area contributed by atoms with Gasteiger partial charge < -0.3 is 20.8 Å². The number of para-hydroxylation sites is 1. The van der Waals surface area contributed by atoms with E-state index in [1.165, 1.54) is 7.11 Å². The van der Waals surface area contributed by atoms with Crippen molar-refractivity contribution in [2.75, 3.05) is 19.4 Å². The van der Waals surface area contributed by atoms with E-state index < -0.39 is 0 Å². The van der Waals surface area contributed by atoms with Crippen molar-refractivity contribution >= 4 is 11.6 Å². The van der Waals surface area contributed by atoms with E-state index in [2.05, 4.69) is 15.3 Å². The highest BCUT2D eigenvalue weighted by atomic mass is 16.5. The molecule has 0 aliphatic carbocycles. The second-order valence-corrected chi connectivity index (χ2v) is 4.32. The molecule has 2 aromatic rings. The maximum Gasteiger partial charge on any atom is 0.253 e. The van der Waals surface area contributed by atoms with Crippen molar-refractivity contribution < 1.29 is 9.53 Å². The van der Waals surface area contributed by atoms with Crippen LogP contribution >= 0.6 is 0 Å². The van der Waals surface area contributed by atoms with Crippen LogP contribution in [0.5, 0.6) is 5.75 Å². The van der Waals surface area contributed by atoms with Gasteiger partial charge in [0.2, 0.25) is 0 Å². The number of methoxy groups -OCH3 is 1. The van der Waals surface area contributed by atoms with Crippen molar-refractivity contribution in [3.63, 3.8) is 0 Å². The maximum absolute atomic E-state index is 12.0. The van der Waals surface area contributed by atoms with Gasteiger partial charge in [-0.2, -0.15) is 0 Å². The first-order valence-corrected chi connectivity index (χ1v) is 6.41. The summed E-state index contributed by atoms with van der Waals surface area (Å²) in [5.74, 6) is 1.23. The number of imidazole rings is 1. The van der Waals surface area contributed by atoms with Gasteiger partial charge in [0.15, 0.2) is 0 Å². The molecule has 6 heteroatoms. The molecule has 0 spiro atoms. The summed E-state index contributed by atoms with van der Waals surface area (Å²) in [6.45, 7) is 0.566. The van der Waals surface area contributed by atoms with E-state index in [1.807, 2.05) is 0 Å². The number of anilines is 1. The van der Waals surface area contributed by atoms with Gasteiger partial charge in [0, 0.05) is 25.4 Å². The Morgan fingerprint density at radius 3 is 3.05 bits per heavy atom. The van der Waals surface area contributed by atoms with Crippen molar-refractivity contribution in [2.45, 2.75) is 12.8 Å². The third-order valence-electron chi connectivity index (χ3n) is 2.96. The molecule has 1 aromatic carbocycles. The molecule has 0 saturated heterocycles. The molecule has 0 saturated carbocycles. The molecule has 0 unspecified atom stereocenters. The van der Waals surface area contributed by atoms with Gasteiger partial charge in [-0.1, -0.05) is 6.07 Å². The molecule has 0 radical (unpaired) electrons. The number of nitrogen functional groups attached to an aromatic ring is 1. The van der Waals surface area contributed by atoms with E-state index >= 15 is 0 Å². The van der Waals surface area contributed by atoms with E-state index in [0.29, 0.717) is 23.5 Å². The van der Waals surface area contributed by atoms with E-state index in [0.717, 1.165) is 18.7 Å². The largest absolute Gasteiger partial charge is 0.495 e. The van der Waals surface area contributed by atoms with E-state index in [9.17, 15) is 4.79 Å². The zero-order valence-corrected chi connectivity index (χ0v) is 11.3. The molecule has 2 rings (SSSR count). The number of nitrogens with two attached hydrogens (primary N) is 1. The summed E-state index contributed by atoms with van der Waals surface area (Å²) in [4.78, 5) is 19.2. The van der Waals surface area contributed by atoms with Gasteiger partial charge >= 0.3 is 0 Å². The summed E-state index contributed by atoms with van der Waals surface area (Å²) in [5, 5.41) is 2.84. The quantitative estimate of drug-likeness (QED) is 0.548. The number of nitrogens with one attached hydrogen (secondary N) is 2. The normalized spacial score (nSPS) is 10.2. The molecule has 0 aliphatic rings. The number of aromatic amines is 1. The first-order chi connectivity index (χ1) is 9.72. The van der Waals surface area contributed by atoms with Crippen LogP contribution in [0, 0.1) is 0 Å². The van der Waals surface area contributed by atoms with Crippen molar-refractivity contribution in [3.8, 4) is 5.75 Å². The van der Waals surface area contributed by atoms with Gasteiger partial charge in [-0.05, 0) is 18.6 Å². The fraction of sp³-hybridized carbons (Fsp3) is 0.286. The first kappa shape index (κ1) is 13.9. The molecule has 0 fully saturated rings. The Bertz CT molecular complexity index is 567. The molecule has 1 aromatic heterocycles. The van der Waals surface area contributed by atoms with Crippen LogP contribution in [0.2, 0.25) is 0 Å². The summed E-state index contributed by atoms with van der Waals surface area (Å²) in [5.41, 5.74) is 6.67. The minimum Gasteiger partial charge on any atom is -0.495 e. The summed E-state index contributed by atoms with van der Waals surface area (Å²) >= 11 is 0. The molecular weight excluding hydrogens is 256 g/mol. The summed E-state index contributed by atoms with van der Waals surface area (Å²) in [6, 6.07) is 5.15. The van der Waals surface area contributed by atoms with Crippen molar-refractivity contribution in [1.29, 1.82) is 0 Å². The smallest absolute Gasteiger partial charge is 0.253 e. The van der Waals surface area contributed by atoms with Gasteiger partial charge in [-0.3, -0.25) is 4.79 Å². The molecule has 106 valence electrons. The number of hydrogen-bond donors (Lipinski definition) is 3. The third-order valence-corrected chi connectivity index (χ3v) is 2.96. The maximum atomic E-state index is 12.0. The monoisotopic (exact) mass is 274 g/mol. The van der Waals surface area contributed by atoms with Gasteiger partial charge in [0.05, 0.1) is 18.4 Å². The highest BCUT2D eigenvalue weighted by Gasteiger charge is 2.12. The first-order valence-electron chi connectivity index (χ1n) is 6.41. The molecule has 1 amide bonds. The topological polar surface area (TPSA) is 93.0 Å². The Hall–Kier alpha value is -2.50. The number of carbonyl (C=O) groups is 1. The lowest BCUT2D eigenvalue weighted by molar-refractivity contribution is 0.0954. The van der Waals surface area contributed by atoms with Crippen molar-refractivity contribution in [2.24, 2.45) is 0 Å². The van der Waals surface area contributed by atoms with Gasteiger partial charge in [-0.25, -0.2) is 4.98 Å². The van der Waals surface area contributed by atoms with Gasteiger partial charge in [0.1, 0.15) is 11.6 Å². The number of aromatic nitrogens is 2. The van der Waals surface area contributed by atoms with Gasteiger partial charge in [-0.15, -0.1) is 0 Å². The Balaban J connectivity index is 1.86. The Labute approximate surface area is 117 Å². The molecule has 1 heterocycles. The van der Waals surface area contributed by atoms with Crippen LogP contribution in [0.1, 0.15) is 22.6 Å². The summed E-state index contributed by atoms with van der Waals surface area (Å²) in [6.07, 6.45) is 5.10. The fourth-order valence-electron chi connectivity index (χ4n) is 1.91. The molecule has 4 N–H and O–H groups in total. The number of nitrogens with zero attached hydrogens (tertiary/aromatic N) is 1. The Morgan fingerprint density at radius 2 is 2.35 bits per heavy atom. The molecule has 20 heavy (non-hydrogen) atoms. The number of H-pyrrole nitrogens is 1. The average Bonchev–Trinajstić information content (AvgIpc) is 2.97. The van der Waals surface area contributed by atoms with Crippen LogP contribution < -0.4 is 15.8 Å². The number of carbonyl (C=O) groups excluding carboxylic acids is 1. The third kappa shape index (κ3) is 3.28. The highest BCUT2D eigenvalue weighted by Crippen LogP contribution is 2.24. The highest BCUT2D eigenvalue weighted by molar-refractivity contribution is 6.00. The number of rotatable bonds is 6. The van der Waals surface area contributed by atoms with E-state index in [1.54, 1.807) is 30.6 Å².